The van der Waals surface area contributed by atoms with Crippen LogP contribution < -0.4 is 0 Å². The summed E-state index contributed by atoms with van der Waals surface area (Å²) in [6.07, 6.45) is 4.83. The Kier molecular flexibility index (Phi) is 4.94. The molecule has 2 aromatic rings. The Bertz CT molecular complexity index is 658. The third-order valence-corrected chi connectivity index (χ3v) is 6.26. The first-order valence-corrected chi connectivity index (χ1v) is 9.78. The van der Waals surface area contributed by atoms with Crippen LogP contribution in [0.25, 0.3) is 0 Å². The number of halogens is 2. The third-order valence-electron chi connectivity index (χ3n) is 5.73. The fourth-order valence-electron chi connectivity index (χ4n) is 4.29. The topological polar surface area (TPSA) is 12.5 Å². The first kappa shape index (κ1) is 17.2. The fraction of sp³-hybridized carbons (Fsp3) is 0.429. The van der Waals surface area contributed by atoms with Crippen LogP contribution in [0.1, 0.15) is 42.9 Å². The lowest BCUT2D eigenvalue weighted by atomic mass is 9.97. The van der Waals surface area contributed by atoms with Gasteiger partial charge in [-0.15, -0.1) is 0 Å². The molecule has 4 heteroatoms. The molecule has 2 saturated heterocycles. The van der Waals surface area contributed by atoms with Crippen molar-refractivity contribution >= 4 is 15.9 Å². The molecule has 0 aromatic heterocycles. The number of hydrogen-bond donors (Lipinski definition) is 0. The number of nitrogens with zero attached hydrogens (tertiary/aromatic N) is 1. The second-order valence-corrected chi connectivity index (χ2v) is 8.18. The van der Waals surface area contributed by atoms with Crippen molar-refractivity contribution in [2.75, 3.05) is 7.05 Å². The van der Waals surface area contributed by atoms with Gasteiger partial charge in [0.2, 0.25) is 0 Å². The van der Waals surface area contributed by atoms with E-state index in [1.807, 2.05) is 24.3 Å². The Morgan fingerprint density at radius 2 is 1.48 bits per heavy atom. The maximum absolute atomic E-state index is 13.4. The van der Waals surface area contributed by atoms with Gasteiger partial charge in [-0.05, 0) is 68.1 Å². The van der Waals surface area contributed by atoms with Crippen LogP contribution in [0.3, 0.4) is 0 Å². The van der Waals surface area contributed by atoms with Crippen LogP contribution in [0, 0.1) is 5.82 Å². The van der Waals surface area contributed by atoms with Gasteiger partial charge in [-0.3, -0.25) is 0 Å². The summed E-state index contributed by atoms with van der Waals surface area (Å²) < 4.78 is 21.0. The monoisotopic (exact) mass is 403 g/mol. The van der Waals surface area contributed by atoms with Crippen LogP contribution in [-0.4, -0.2) is 30.1 Å². The molecule has 2 fully saturated rings. The molecule has 2 unspecified atom stereocenters. The minimum absolute atomic E-state index is 0.151. The van der Waals surface area contributed by atoms with E-state index in [0.717, 1.165) is 28.4 Å². The Morgan fingerprint density at radius 1 is 0.960 bits per heavy atom. The van der Waals surface area contributed by atoms with Gasteiger partial charge in [-0.1, -0.05) is 40.2 Å². The summed E-state index contributed by atoms with van der Waals surface area (Å²) in [5.41, 5.74) is 2.12. The van der Waals surface area contributed by atoms with Gasteiger partial charge >= 0.3 is 0 Å². The number of fused-ring (bicyclic) bond motifs is 2. The quantitative estimate of drug-likeness (QED) is 0.684. The highest BCUT2D eigenvalue weighted by atomic mass is 79.9. The first-order chi connectivity index (χ1) is 12.1. The highest BCUT2D eigenvalue weighted by Crippen LogP contribution is 2.38. The Morgan fingerprint density at radius 3 is 2.04 bits per heavy atom. The lowest BCUT2D eigenvalue weighted by Gasteiger charge is -2.38. The number of benzene rings is 2. The molecule has 0 aliphatic carbocycles. The molecule has 0 amide bonds. The lowest BCUT2D eigenvalue weighted by Crippen LogP contribution is -2.43. The predicted molar refractivity (Wildman–Crippen MR) is 101 cm³/mol. The van der Waals surface area contributed by atoms with Gasteiger partial charge in [-0.2, -0.15) is 0 Å². The minimum Gasteiger partial charge on any atom is -0.365 e. The number of piperidine rings is 1. The van der Waals surface area contributed by atoms with Gasteiger partial charge in [0.05, 0.1) is 6.10 Å². The molecule has 132 valence electrons. The second kappa shape index (κ2) is 7.18. The molecule has 2 nitrogen and oxygen atoms in total. The van der Waals surface area contributed by atoms with E-state index in [9.17, 15) is 4.39 Å². The summed E-state index contributed by atoms with van der Waals surface area (Å²) in [5.74, 6) is -0.212. The van der Waals surface area contributed by atoms with Gasteiger partial charge in [0.1, 0.15) is 11.9 Å². The summed E-state index contributed by atoms with van der Waals surface area (Å²) in [5, 5.41) is 0. The molecule has 2 aliphatic heterocycles. The van der Waals surface area contributed by atoms with Gasteiger partial charge in [0, 0.05) is 16.6 Å². The van der Waals surface area contributed by atoms with E-state index in [2.05, 4.69) is 40.0 Å². The van der Waals surface area contributed by atoms with E-state index in [-0.39, 0.29) is 18.0 Å². The van der Waals surface area contributed by atoms with Crippen molar-refractivity contribution in [1.82, 2.24) is 4.90 Å². The van der Waals surface area contributed by atoms with Crippen LogP contribution in [0.15, 0.2) is 53.0 Å². The van der Waals surface area contributed by atoms with Gasteiger partial charge in [0.15, 0.2) is 0 Å². The molecule has 2 aliphatic rings. The predicted octanol–water partition coefficient (Wildman–Crippen LogP) is 5.32. The Hall–Kier alpha value is -1.23. The molecule has 0 N–H and O–H groups in total. The molecule has 4 rings (SSSR count). The smallest absolute Gasteiger partial charge is 0.123 e. The summed E-state index contributed by atoms with van der Waals surface area (Å²) in [7, 11) is 2.24. The molecule has 0 radical (unpaired) electrons. The van der Waals surface area contributed by atoms with Gasteiger partial charge < -0.3 is 9.64 Å². The summed E-state index contributed by atoms with van der Waals surface area (Å²) in [4.78, 5) is 2.52. The molecule has 2 heterocycles. The van der Waals surface area contributed by atoms with E-state index in [1.165, 1.54) is 25.0 Å². The summed E-state index contributed by atoms with van der Waals surface area (Å²) in [6.45, 7) is 0. The normalized spacial score (nSPS) is 27.4. The second-order valence-electron chi connectivity index (χ2n) is 7.26. The average Bonchev–Trinajstić information content (AvgIpc) is 2.83. The van der Waals surface area contributed by atoms with Crippen LogP contribution in [-0.2, 0) is 4.74 Å². The SMILES string of the molecule is CN1[C@@H]2CC[C@H]1CC(OC(c1ccc(F)cc1)c1ccc(Br)cc1)C2. The largest absolute Gasteiger partial charge is 0.365 e. The molecule has 25 heavy (non-hydrogen) atoms. The fourth-order valence-corrected chi connectivity index (χ4v) is 4.55. The molecular weight excluding hydrogens is 381 g/mol. The molecular formula is C21H23BrFNO. The molecule has 0 saturated carbocycles. The van der Waals surface area contributed by atoms with E-state index in [0.29, 0.717) is 12.1 Å². The van der Waals surface area contributed by atoms with E-state index < -0.39 is 0 Å². The number of rotatable bonds is 4. The molecule has 2 bridgehead atoms. The standard InChI is InChI=1S/C21H23BrFNO/c1-24-18-10-11-19(24)13-20(12-18)25-21(14-2-6-16(22)7-3-14)15-4-8-17(23)9-5-15/h2-9,18-21H,10-13H2,1H3/t18-,19+,20?,21?. The van der Waals surface area contributed by atoms with Gasteiger partial charge in [0.25, 0.3) is 0 Å². The number of ether oxygens (including phenoxy) is 1. The van der Waals surface area contributed by atoms with Crippen LogP contribution in [0.5, 0.6) is 0 Å². The summed E-state index contributed by atoms with van der Waals surface area (Å²) in [6, 6.07) is 16.2. The van der Waals surface area contributed by atoms with Crippen molar-refractivity contribution in [2.24, 2.45) is 0 Å². The zero-order valence-electron chi connectivity index (χ0n) is 14.4. The van der Waals surface area contributed by atoms with Crippen molar-refractivity contribution in [3.05, 3.63) is 69.9 Å². The molecule has 0 spiro atoms. The van der Waals surface area contributed by atoms with Crippen LogP contribution in [0.2, 0.25) is 0 Å². The van der Waals surface area contributed by atoms with Crippen LogP contribution in [0.4, 0.5) is 4.39 Å². The highest BCUT2D eigenvalue weighted by molar-refractivity contribution is 9.10. The van der Waals surface area contributed by atoms with Crippen molar-refractivity contribution in [3.8, 4) is 0 Å². The third kappa shape index (κ3) is 3.67. The van der Waals surface area contributed by atoms with Crippen molar-refractivity contribution in [2.45, 2.75) is 50.0 Å². The Balaban J connectivity index is 1.59. The zero-order valence-corrected chi connectivity index (χ0v) is 16.0. The first-order valence-electron chi connectivity index (χ1n) is 8.98. The summed E-state index contributed by atoms with van der Waals surface area (Å²) >= 11 is 3.49. The number of hydrogen-bond acceptors (Lipinski definition) is 2. The maximum atomic E-state index is 13.4. The van der Waals surface area contributed by atoms with Crippen molar-refractivity contribution < 1.29 is 9.13 Å². The highest BCUT2D eigenvalue weighted by Gasteiger charge is 2.39. The van der Waals surface area contributed by atoms with Crippen molar-refractivity contribution in [1.29, 1.82) is 0 Å². The van der Waals surface area contributed by atoms with Crippen LogP contribution >= 0.6 is 15.9 Å². The Labute approximate surface area is 157 Å². The zero-order chi connectivity index (χ0) is 17.4. The molecule has 4 atom stereocenters. The lowest BCUT2D eigenvalue weighted by molar-refractivity contribution is -0.0426. The molecule has 2 aromatic carbocycles. The van der Waals surface area contributed by atoms with E-state index >= 15 is 0 Å². The van der Waals surface area contributed by atoms with E-state index in [4.69, 9.17) is 4.74 Å². The minimum atomic E-state index is -0.212. The van der Waals surface area contributed by atoms with Gasteiger partial charge in [-0.25, -0.2) is 4.39 Å². The maximum Gasteiger partial charge on any atom is 0.123 e. The average molecular weight is 404 g/mol. The van der Waals surface area contributed by atoms with Crippen molar-refractivity contribution in [3.63, 3.8) is 0 Å². The van der Waals surface area contributed by atoms with E-state index in [1.54, 1.807) is 0 Å².